The molecule has 128 valence electrons. The number of carbonyl (C=O) groups is 1. The number of hydrogen-bond donors (Lipinski definition) is 0. The molecule has 1 unspecified atom stereocenters. The summed E-state index contributed by atoms with van der Waals surface area (Å²) in [4.78, 5) is 15.9. The van der Waals surface area contributed by atoms with E-state index in [9.17, 15) is 4.79 Å². The van der Waals surface area contributed by atoms with Crippen LogP contribution in [0.15, 0.2) is 55.0 Å². The van der Waals surface area contributed by atoms with E-state index in [1.165, 1.54) is 12.3 Å². The van der Waals surface area contributed by atoms with E-state index in [-0.39, 0.29) is 12.3 Å². The summed E-state index contributed by atoms with van der Waals surface area (Å²) in [5.41, 5.74) is 2.54. The van der Waals surface area contributed by atoms with E-state index in [1.54, 1.807) is 49.0 Å². The molecule has 5 nitrogen and oxygen atoms in total. The largest absolute Gasteiger partial charge is 0.461 e. The van der Waals surface area contributed by atoms with Crippen molar-refractivity contribution in [2.45, 2.75) is 20.0 Å². The molecule has 0 aliphatic heterocycles. The minimum atomic E-state index is -1.36. The van der Waals surface area contributed by atoms with Gasteiger partial charge in [0.25, 0.3) is 0 Å². The van der Waals surface area contributed by atoms with Gasteiger partial charge in [0, 0.05) is 18.6 Å². The van der Waals surface area contributed by atoms with Gasteiger partial charge < -0.3 is 4.74 Å². The zero-order valence-corrected chi connectivity index (χ0v) is 14.0. The van der Waals surface area contributed by atoms with E-state index in [0.29, 0.717) is 16.7 Å². The van der Waals surface area contributed by atoms with Gasteiger partial charge in [0.1, 0.15) is 5.69 Å². The van der Waals surface area contributed by atoms with Crippen LogP contribution in [0, 0.1) is 6.92 Å². The fourth-order valence-corrected chi connectivity index (χ4v) is 2.53. The first-order valence-electron chi connectivity index (χ1n) is 7.98. The molecular weight excluding hydrogens is 321 g/mol. The fourth-order valence-electron chi connectivity index (χ4n) is 2.53. The number of alkyl halides is 1. The van der Waals surface area contributed by atoms with Crippen LogP contribution in [0.3, 0.4) is 0 Å². The topological polar surface area (TPSA) is 57.0 Å². The molecular formula is C19H18FN3O2. The van der Waals surface area contributed by atoms with Gasteiger partial charge in [0.15, 0.2) is 6.17 Å². The predicted octanol–water partition coefficient (Wildman–Crippen LogP) is 3.81. The second-order valence-corrected chi connectivity index (χ2v) is 5.55. The highest BCUT2D eigenvalue weighted by atomic mass is 19.1. The number of hydrogen-bond acceptors (Lipinski definition) is 4. The smallest absolute Gasteiger partial charge is 0.356 e. The van der Waals surface area contributed by atoms with Crippen molar-refractivity contribution in [1.82, 2.24) is 14.8 Å². The van der Waals surface area contributed by atoms with Gasteiger partial charge in [-0.25, -0.2) is 18.9 Å². The molecule has 0 fully saturated rings. The molecule has 0 amide bonds. The summed E-state index contributed by atoms with van der Waals surface area (Å²) in [6.45, 7) is 3.73. The number of ether oxygens (including phenoxy) is 1. The summed E-state index contributed by atoms with van der Waals surface area (Å²) < 4.78 is 21.7. The number of aryl methyl sites for hydroxylation is 1. The third kappa shape index (κ3) is 3.57. The molecule has 1 aromatic carbocycles. The normalized spacial score (nSPS) is 12.0. The Morgan fingerprint density at radius 3 is 2.72 bits per heavy atom. The van der Waals surface area contributed by atoms with Gasteiger partial charge >= 0.3 is 5.97 Å². The van der Waals surface area contributed by atoms with Crippen LogP contribution in [0.4, 0.5) is 4.39 Å². The van der Waals surface area contributed by atoms with E-state index in [0.717, 1.165) is 5.69 Å². The Balaban J connectivity index is 1.88. The van der Waals surface area contributed by atoms with E-state index in [2.05, 4.69) is 10.1 Å². The Bertz CT molecular complexity index is 861. The molecule has 0 N–H and O–H groups in total. The van der Waals surface area contributed by atoms with Gasteiger partial charge in [0.05, 0.1) is 12.3 Å². The molecule has 25 heavy (non-hydrogen) atoms. The fraction of sp³-hybridized carbons (Fsp3) is 0.211. The second-order valence-electron chi connectivity index (χ2n) is 5.55. The zero-order valence-electron chi connectivity index (χ0n) is 14.0. The number of halogens is 1. The highest BCUT2D eigenvalue weighted by Gasteiger charge is 2.19. The first-order valence-corrected chi connectivity index (χ1v) is 7.98. The lowest BCUT2D eigenvalue weighted by molar-refractivity contribution is 0.0519. The van der Waals surface area contributed by atoms with Crippen molar-refractivity contribution in [3.8, 4) is 5.69 Å². The second kappa shape index (κ2) is 7.25. The average Bonchev–Trinajstić information content (AvgIpc) is 3.16. The number of rotatable bonds is 5. The Labute approximate surface area is 145 Å². The number of carbonyl (C=O) groups excluding carboxylic acids is 1. The molecule has 0 saturated carbocycles. The first-order chi connectivity index (χ1) is 12.1. The highest BCUT2D eigenvalue weighted by molar-refractivity contribution is 5.87. The number of benzene rings is 1. The molecule has 0 aliphatic rings. The molecule has 0 aliphatic carbocycles. The van der Waals surface area contributed by atoms with Gasteiger partial charge in [-0.2, -0.15) is 5.10 Å². The van der Waals surface area contributed by atoms with E-state index >= 15 is 4.39 Å². The predicted molar refractivity (Wildman–Crippen MR) is 91.4 cm³/mol. The minimum absolute atomic E-state index is 0.110. The lowest BCUT2D eigenvalue weighted by Crippen LogP contribution is -2.09. The molecule has 0 saturated heterocycles. The summed E-state index contributed by atoms with van der Waals surface area (Å²) in [7, 11) is 0. The Morgan fingerprint density at radius 2 is 2.08 bits per heavy atom. The lowest BCUT2D eigenvalue weighted by atomic mass is 9.99. The van der Waals surface area contributed by atoms with Crippen molar-refractivity contribution in [3.05, 3.63) is 77.4 Å². The summed E-state index contributed by atoms with van der Waals surface area (Å²) >= 11 is 0. The maximum Gasteiger partial charge on any atom is 0.356 e. The van der Waals surface area contributed by atoms with Crippen LogP contribution in [0.1, 0.15) is 40.3 Å². The van der Waals surface area contributed by atoms with Crippen molar-refractivity contribution in [3.63, 3.8) is 0 Å². The maximum atomic E-state index is 15.0. The van der Waals surface area contributed by atoms with Crippen molar-refractivity contribution in [1.29, 1.82) is 0 Å². The van der Waals surface area contributed by atoms with E-state index in [4.69, 9.17) is 4.74 Å². The molecule has 6 heteroatoms. The minimum Gasteiger partial charge on any atom is -0.461 e. The SMILES string of the molecule is CCOC(=O)c1cc(C(F)c2ccc(-n3cccn3)cc2)c(C)cn1. The molecule has 3 aromatic rings. The van der Waals surface area contributed by atoms with Gasteiger partial charge in [-0.3, -0.25) is 0 Å². The van der Waals surface area contributed by atoms with Crippen molar-refractivity contribution in [2.24, 2.45) is 0 Å². The van der Waals surface area contributed by atoms with E-state index < -0.39 is 12.1 Å². The van der Waals surface area contributed by atoms with Crippen molar-refractivity contribution < 1.29 is 13.9 Å². The number of nitrogens with zero attached hydrogens (tertiary/aromatic N) is 3. The number of aromatic nitrogens is 3. The molecule has 2 aromatic heterocycles. The summed E-state index contributed by atoms with van der Waals surface area (Å²) in [6, 6.07) is 10.3. The number of pyridine rings is 1. The van der Waals surface area contributed by atoms with Crippen LogP contribution in [-0.2, 0) is 4.74 Å². The first kappa shape index (κ1) is 16.8. The van der Waals surface area contributed by atoms with Crippen molar-refractivity contribution >= 4 is 5.97 Å². The lowest BCUT2D eigenvalue weighted by Gasteiger charge is -2.13. The van der Waals surface area contributed by atoms with Crippen LogP contribution in [0.5, 0.6) is 0 Å². The van der Waals surface area contributed by atoms with Gasteiger partial charge in [0.2, 0.25) is 0 Å². The molecule has 0 radical (unpaired) electrons. The molecule has 0 spiro atoms. The number of esters is 1. The summed E-state index contributed by atoms with van der Waals surface area (Å²) in [5, 5.41) is 4.15. The Kier molecular flexibility index (Phi) is 4.88. The third-order valence-corrected chi connectivity index (χ3v) is 3.86. The van der Waals surface area contributed by atoms with Gasteiger partial charge in [-0.05, 0) is 54.8 Å². The van der Waals surface area contributed by atoms with Crippen LogP contribution in [0.25, 0.3) is 5.69 Å². The third-order valence-electron chi connectivity index (χ3n) is 3.86. The standard InChI is InChI=1S/C19H18FN3O2/c1-3-25-19(24)17-11-16(13(2)12-21-17)18(20)14-5-7-15(8-6-14)23-10-4-9-22-23/h4-12,18H,3H2,1-2H3. The van der Waals surface area contributed by atoms with E-state index in [1.807, 2.05) is 12.3 Å². The molecule has 1 atom stereocenters. The van der Waals surface area contributed by atoms with Crippen LogP contribution >= 0.6 is 0 Å². The Hall–Kier alpha value is -3.02. The van der Waals surface area contributed by atoms with Crippen LogP contribution < -0.4 is 0 Å². The molecule has 3 rings (SSSR count). The Morgan fingerprint density at radius 1 is 1.32 bits per heavy atom. The quantitative estimate of drug-likeness (QED) is 0.663. The van der Waals surface area contributed by atoms with Crippen LogP contribution in [0.2, 0.25) is 0 Å². The monoisotopic (exact) mass is 339 g/mol. The zero-order chi connectivity index (χ0) is 17.8. The highest BCUT2D eigenvalue weighted by Crippen LogP contribution is 2.29. The summed E-state index contributed by atoms with van der Waals surface area (Å²) in [6.07, 6.45) is 3.64. The maximum absolute atomic E-state index is 15.0. The van der Waals surface area contributed by atoms with Crippen molar-refractivity contribution in [2.75, 3.05) is 6.61 Å². The average molecular weight is 339 g/mol. The molecule has 2 heterocycles. The summed E-state index contributed by atoms with van der Waals surface area (Å²) in [5.74, 6) is -0.551. The van der Waals surface area contributed by atoms with Gasteiger partial charge in [-0.1, -0.05) is 12.1 Å². The molecule has 0 bridgehead atoms. The van der Waals surface area contributed by atoms with Crippen LogP contribution in [-0.4, -0.2) is 27.3 Å². The van der Waals surface area contributed by atoms with Gasteiger partial charge in [-0.15, -0.1) is 0 Å².